The van der Waals surface area contributed by atoms with Gasteiger partial charge in [-0.15, -0.1) is 0 Å². The second-order valence-electron chi connectivity index (χ2n) is 8.90. The molecule has 0 bridgehead atoms. The van der Waals surface area contributed by atoms with E-state index in [1.807, 2.05) is 30.3 Å². The van der Waals surface area contributed by atoms with Crippen molar-refractivity contribution in [3.63, 3.8) is 0 Å². The molecular formula is C27H32N6O2. The van der Waals surface area contributed by atoms with E-state index in [1.54, 1.807) is 6.20 Å². The van der Waals surface area contributed by atoms with Gasteiger partial charge in [-0.25, -0.2) is 9.97 Å². The molecule has 0 aliphatic carbocycles. The smallest absolute Gasteiger partial charge is 0.227 e. The Bertz CT molecular complexity index is 1180. The molecule has 0 unspecified atom stereocenters. The third-order valence-corrected chi connectivity index (χ3v) is 5.88. The Labute approximate surface area is 206 Å². The molecule has 4 rings (SSSR count). The van der Waals surface area contributed by atoms with Crippen LogP contribution in [-0.4, -0.2) is 61.4 Å². The van der Waals surface area contributed by atoms with Gasteiger partial charge in [0.2, 0.25) is 5.95 Å². The van der Waals surface area contributed by atoms with E-state index in [2.05, 4.69) is 64.7 Å². The Morgan fingerprint density at radius 1 is 1.14 bits per heavy atom. The summed E-state index contributed by atoms with van der Waals surface area (Å²) in [5.41, 5.74) is 5.21. The number of benzene rings is 2. The van der Waals surface area contributed by atoms with E-state index in [-0.39, 0.29) is 6.10 Å². The molecule has 35 heavy (non-hydrogen) atoms. The molecule has 0 amide bonds. The van der Waals surface area contributed by atoms with Crippen LogP contribution < -0.4 is 15.4 Å². The second-order valence-corrected chi connectivity index (χ2v) is 8.90. The molecule has 1 fully saturated rings. The largest absolute Gasteiger partial charge is 0.489 e. The van der Waals surface area contributed by atoms with E-state index in [1.165, 1.54) is 5.56 Å². The van der Waals surface area contributed by atoms with E-state index in [0.717, 1.165) is 48.6 Å². The van der Waals surface area contributed by atoms with Crippen LogP contribution in [0.4, 0.5) is 17.3 Å². The Morgan fingerprint density at radius 3 is 2.74 bits per heavy atom. The monoisotopic (exact) mass is 472 g/mol. The van der Waals surface area contributed by atoms with Crippen LogP contribution in [0.2, 0.25) is 0 Å². The molecule has 3 aromatic rings. The van der Waals surface area contributed by atoms with Gasteiger partial charge in [-0.2, -0.15) is 5.26 Å². The van der Waals surface area contributed by atoms with Crippen molar-refractivity contribution in [2.24, 2.45) is 0 Å². The zero-order valence-corrected chi connectivity index (χ0v) is 20.5. The van der Waals surface area contributed by atoms with Gasteiger partial charge in [0.05, 0.1) is 24.5 Å². The minimum Gasteiger partial charge on any atom is -0.489 e. The average Bonchev–Trinajstić information content (AvgIpc) is 2.87. The first-order valence-corrected chi connectivity index (χ1v) is 11.9. The number of aryl methyl sites for hydroxylation is 1. The topological polar surface area (TPSA) is 95.3 Å². The number of likely N-dealkylation sites (N-methyl/N-ethyl adjacent to an activating group) is 1. The fraction of sp³-hybridized carbons (Fsp3) is 0.370. The van der Waals surface area contributed by atoms with Gasteiger partial charge in [-0.05, 0) is 63.0 Å². The van der Waals surface area contributed by atoms with E-state index in [0.29, 0.717) is 30.5 Å². The summed E-state index contributed by atoms with van der Waals surface area (Å²) in [6, 6.07) is 15.8. The molecule has 1 aliphatic rings. The number of nitrogens with one attached hydrogen (secondary N) is 2. The van der Waals surface area contributed by atoms with Crippen molar-refractivity contribution in [2.75, 3.05) is 51.0 Å². The lowest BCUT2D eigenvalue weighted by Crippen LogP contribution is -2.26. The number of anilines is 3. The lowest BCUT2D eigenvalue weighted by Gasteiger charge is -2.23. The highest BCUT2D eigenvalue weighted by Crippen LogP contribution is 2.28. The lowest BCUT2D eigenvalue weighted by molar-refractivity contribution is 0.0254. The van der Waals surface area contributed by atoms with Gasteiger partial charge in [0.15, 0.2) is 0 Å². The molecule has 0 atom stereocenters. The first kappa shape index (κ1) is 24.5. The zero-order valence-electron chi connectivity index (χ0n) is 20.5. The van der Waals surface area contributed by atoms with Crippen LogP contribution in [0.15, 0.2) is 48.7 Å². The summed E-state index contributed by atoms with van der Waals surface area (Å²) in [5, 5.41) is 16.5. The number of ether oxygens (including phenoxy) is 2. The number of hydrogen-bond acceptors (Lipinski definition) is 8. The van der Waals surface area contributed by atoms with Crippen molar-refractivity contribution >= 4 is 17.3 Å². The quantitative estimate of drug-likeness (QED) is 0.467. The highest BCUT2D eigenvalue weighted by Gasteiger charge is 2.17. The first-order chi connectivity index (χ1) is 17.0. The summed E-state index contributed by atoms with van der Waals surface area (Å²) >= 11 is 0. The normalized spacial score (nSPS) is 13.9. The Hall–Kier alpha value is -3.67. The van der Waals surface area contributed by atoms with Crippen LogP contribution >= 0.6 is 0 Å². The molecule has 2 N–H and O–H groups in total. The molecule has 8 heteroatoms. The molecule has 1 aromatic heterocycles. The van der Waals surface area contributed by atoms with E-state index in [4.69, 9.17) is 9.47 Å². The minimum atomic E-state index is 0.0772. The summed E-state index contributed by atoms with van der Waals surface area (Å²) in [6.07, 6.45) is 3.46. The van der Waals surface area contributed by atoms with Crippen LogP contribution in [0.5, 0.6) is 5.75 Å². The summed E-state index contributed by atoms with van der Waals surface area (Å²) < 4.78 is 11.5. The predicted octanol–water partition coefficient (Wildman–Crippen LogP) is 4.60. The fourth-order valence-electron chi connectivity index (χ4n) is 3.87. The van der Waals surface area contributed by atoms with Crippen LogP contribution in [-0.2, 0) is 4.74 Å². The highest BCUT2D eigenvalue weighted by atomic mass is 16.5. The zero-order chi connectivity index (χ0) is 24.6. The molecule has 8 nitrogen and oxygen atoms in total. The molecule has 2 aromatic carbocycles. The van der Waals surface area contributed by atoms with Crippen molar-refractivity contribution in [1.82, 2.24) is 14.9 Å². The van der Waals surface area contributed by atoms with Crippen LogP contribution in [0.3, 0.4) is 0 Å². The number of nitriles is 1. The minimum absolute atomic E-state index is 0.0772. The molecule has 1 saturated heterocycles. The molecule has 1 aliphatic heterocycles. The molecule has 0 spiro atoms. The third-order valence-electron chi connectivity index (χ3n) is 5.88. The van der Waals surface area contributed by atoms with Crippen LogP contribution in [0, 0.1) is 18.3 Å². The SMILES string of the molecule is Cc1ccc(Nc2nccc(-c3ccc(OC4CCOCC4)c(C#N)c3)n2)cc1NCCN(C)C. The number of rotatable bonds is 9. The second kappa shape index (κ2) is 11.6. The van der Waals surface area contributed by atoms with E-state index >= 15 is 0 Å². The van der Waals surface area contributed by atoms with Gasteiger partial charge in [-0.1, -0.05) is 6.07 Å². The van der Waals surface area contributed by atoms with E-state index < -0.39 is 0 Å². The maximum atomic E-state index is 9.70. The maximum Gasteiger partial charge on any atom is 0.227 e. The Kier molecular flexibility index (Phi) is 8.14. The maximum absolute atomic E-state index is 9.70. The molecule has 182 valence electrons. The summed E-state index contributed by atoms with van der Waals surface area (Å²) in [5.74, 6) is 1.09. The van der Waals surface area contributed by atoms with Gasteiger partial charge >= 0.3 is 0 Å². The standard InChI is InChI=1S/C27H32N6O2/c1-19-4-6-22(17-25(19)29-12-13-33(2)3)31-27-30-11-8-24(32-27)20-5-7-26(21(16-20)18-28)35-23-9-14-34-15-10-23/h4-8,11,16-17,23,29H,9-10,12-15H2,1-3H3,(H,30,31,32). The van der Waals surface area contributed by atoms with Crippen molar-refractivity contribution in [3.05, 3.63) is 59.8 Å². The highest BCUT2D eigenvalue weighted by molar-refractivity contribution is 5.67. The fourth-order valence-corrected chi connectivity index (χ4v) is 3.87. The van der Waals surface area contributed by atoms with Gasteiger partial charge in [0.25, 0.3) is 0 Å². The average molecular weight is 473 g/mol. The van der Waals surface area contributed by atoms with Gasteiger partial charge < -0.3 is 25.0 Å². The van der Waals surface area contributed by atoms with Crippen molar-refractivity contribution in [1.29, 1.82) is 5.26 Å². The Morgan fingerprint density at radius 2 is 1.97 bits per heavy atom. The summed E-state index contributed by atoms with van der Waals surface area (Å²) in [7, 11) is 4.12. The van der Waals surface area contributed by atoms with Gasteiger partial charge in [0, 0.05) is 49.1 Å². The van der Waals surface area contributed by atoms with Gasteiger partial charge in [0.1, 0.15) is 17.9 Å². The van der Waals surface area contributed by atoms with Crippen molar-refractivity contribution in [2.45, 2.75) is 25.9 Å². The van der Waals surface area contributed by atoms with Gasteiger partial charge in [-0.3, -0.25) is 0 Å². The number of hydrogen-bond donors (Lipinski definition) is 2. The first-order valence-electron chi connectivity index (χ1n) is 11.9. The molecule has 0 saturated carbocycles. The number of aromatic nitrogens is 2. The summed E-state index contributed by atoms with van der Waals surface area (Å²) in [6.45, 7) is 5.28. The lowest BCUT2D eigenvalue weighted by atomic mass is 10.1. The Balaban J connectivity index is 1.48. The number of nitrogens with zero attached hydrogens (tertiary/aromatic N) is 4. The van der Waals surface area contributed by atoms with Crippen molar-refractivity contribution in [3.8, 4) is 23.1 Å². The molecule has 2 heterocycles. The predicted molar refractivity (Wildman–Crippen MR) is 138 cm³/mol. The van der Waals surface area contributed by atoms with Crippen LogP contribution in [0.1, 0.15) is 24.0 Å². The molecular weight excluding hydrogens is 440 g/mol. The molecule has 0 radical (unpaired) electrons. The van der Waals surface area contributed by atoms with E-state index in [9.17, 15) is 5.26 Å². The van der Waals surface area contributed by atoms with Crippen molar-refractivity contribution < 1.29 is 9.47 Å². The summed E-state index contributed by atoms with van der Waals surface area (Å²) in [4.78, 5) is 11.2. The van der Waals surface area contributed by atoms with Crippen LogP contribution in [0.25, 0.3) is 11.3 Å². The third kappa shape index (κ3) is 6.69.